The molecular weight excluding hydrogens is 665 g/mol. The van der Waals surface area contributed by atoms with Gasteiger partial charge in [0.05, 0.1) is 12.6 Å². The quantitative estimate of drug-likeness (QED) is 0.0262. The second-order valence-electron chi connectivity index (χ2n) is 10.3. The number of carboxylic acids is 1. The van der Waals surface area contributed by atoms with E-state index in [1.165, 1.54) is 11.8 Å². The zero-order valence-corrected chi connectivity index (χ0v) is 28.0. The first kappa shape index (κ1) is 40.6. The lowest BCUT2D eigenvalue weighted by molar-refractivity contribution is -0.142. The van der Waals surface area contributed by atoms with Gasteiger partial charge in [-0.05, 0) is 32.6 Å². The van der Waals surface area contributed by atoms with Crippen LogP contribution in [0.4, 0.5) is 0 Å². The summed E-state index contributed by atoms with van der Waals surface area (Å²) in [4.78, 5) is 92.5. The lowest BCUT2D eigenvalue weighted by atomic mass is 10.1. The highest BCUT2D eigenvalue weighted by Gasteiger charge is 2.38. The van der Waals surface area contributed by atoms with E-state index in [-0.39, 0.29) is 49.1 Å². The molecule has 260 valence electrons. The number of aliphatic carboxylic acids is 1. The van der Waals surface area contributed by atoms with Crippen LogP contribution < -0.4 is 43.8 Å². The summed E-state index contributed by atoms with van der Waals surface area (Å²) in [6, 6.07) is -6.48. The molecule has 0 aromatic carbocycles. The molecule has 18 nitrogen and oxygen atoms in total. The molecule has 0 aliphatic carbocycles. The Bertz CT molecular complexity index is 1140. The van der Waals surface area contributed by atoms with Crippen molar-refractivity contribution >= 4 is 85.3 Å². The number of hydrogen-bond donors (Lipinski definition) is 12. The van der Waals surface area contributed by atoms with Gasteiger partial charge in [-0.25, -0.2) is 4.79 Å². The lowest BCUT2D eigenvalue weighted by Crippen LogP contribution is -2.57. The fraction of sp³-hybridized carbons (Fsp3) is 0.680. The molecule has 0 aromatic heterocycles. The Hall–Kier alpha value is -3.43. The summed E-state index contributed by atoms with van der Waals surface area (Å²) in [6.45, 7) is 1.21. The standard InChI is InChI=1S/C25H44N10O8S3/c1-12(19(37)33-14(24(42)43)4-2-6-29-25(27)28)31-21(39)15(10-45)32-18(36)8-30-22(40)17-5-3-7-35(17)23(41)16(11-46)34-20(38)13(26)9-44/h12-17,44-46H,2-11,26H2,1H3,(H,30,40)(H,31,39)(H,32,36)(H,33,37)(H,34,38)(H,42,43)(H4,27,28,29)/t12-,13-,14-,15-,16-,17-/m0/s1. The maximum atomic E-state index is 13.1. The third-order valence-electron chi connectivity index (χ3n) is 6.74. The summed E-state index contributed by atoms with van der Waals surface area (Å²) in [5, 5.41) is 21.5. The number of rotatable bonds is 19. The Morgan fingerprint density at radius 1 is 0.891 bits per heavy atom. The molecule has 46 heavy (non-hydrogen) atoms. The van der Waals surface area contributed by atoms with Gasteiger partial charge in [-0.3, -0.25) is 33.8 Å². The molecule has 1 aliphatic rings. The van der Waals surface area contributed by atoms with Gasteiger partial charge in [0, 0.05) is 30.3 Å². The third kappa shape index (κ3) is 13.5. The van der Waals surface area contributed by atoms with Gasteiger partial charge >= 0.3 is 5.97 Å². The largest absolute Gasteiger partial charge is 0.480 e. The van der Waals surface area contributed by atoms with Crippen molar-refractivity contribution in [3.05, 3.63) is 0 Å². The number of carbonyl (C=O) groups is 7. The second kappa shape index (κ2) is 20.6. The minimum atomic E-state index is -1.29. The highest BCUT2D eigenvalue weighted by molar-refractivity contribution is 7.80. The average Bonchev–Trinajstić information content (AvgIpc) is 3.51. The molecule has 0 unspecified atom stereocenters. The molecule has 0 spiro atoms. The van der Waals surface area contributed by atoms with Crippen LogP contribution in [0.5, 0.6) is 0 Å². The van der Waals surface area contributed by atoms with Crippen LogP contribution in [0.1, 0.15) is 32.6 Å². The predicted octanol–water partition coefficient (Wildman–Crippen LogP) is -4.69. The number of carboxylic acid groups (broad SMARTS) is 1. The van der Waals surface area contributed by atoms with Crippen molar-refractivity contribution in [3.8, 4) is 0 Å². The van der Waals surface area contributed by atoms with E-state index in [0.29, 0.717) is 12.8 Å². The molecule has 0 radical (unpaired) electrons. The molecule has 1 heterocycles. The van der Waals surface area contributed by atoms with Crippen molar-refractivity contribution in [1.82, 2.24) is 31.5 Å². The molecule has 21 heteroatoms. The van der Waals surface area contributed by atoms with Crippen molar-refractivity contribution in [2.24, 2.45) is 22.2 Å². The van der Waals surface area contributed by atoms with Gasteiger partial charge < -0.3 is 53.8 Å². The van der Waals surface area contributed by atoms with E-state index in [1.54, 1.807) is 0 Å². The Balaban J connectivity index is 2.66. The van der Waals surface area contributed by atoms with Crippen molar-refractivity contribution < 1.29 is 38.7 Å². The number of guanidine groups is 1. The smallest absolute Gasteiger partial charge is 0.326 e. The number of nitrogens with zero attached hydrogens (tertiary/aromatic N) is 2. The molecule has 0 bridgehead atoms. The summed E-state index contributed by atoms with van der Waals surface area (Å²) in [5.41, 5.74) is 16.1. The summed E-state index contributed by atoms with van der Waals surface area (Å²) < 4.78 is 0. The molecule has 1 fully saturated rings. The van der Waals surface area contributed by atoms with Gasteiger partial charge in [0.2, 0.25) is 35.4 Å². The normalized spacial score (nSPS) is 17.3. The van der Waals surface area contributed by atoms with Crippen LogP contribution in [0, 0.1) is 0 Å². The number of carbonyl (C=O) groups excluding carboxylic acids is 6. The van der Waals surface area contributed by atoms with Gasteiger partial charge in [0.25, 0.3) is 0 Å². The number of likely N-dealkylation sites (tertiary alicyclic amines) is 1. The van der Waals surface area contributed by atoms with Crippen LogP contribution in [0.15, 0.2) is 4.99 Å². The van der Waals surface area contributed by atoms with Crippen LogP contribution >= 0.6 is 37.9 Å². The monoisotopic (exact) mass is 708 g/mol. The van der Waals surface area contributed by atoms with Gasteiger partial charge in [-0.1, -0.05) is 0 Å². The summed E-state index contributed by atoms with van der Waals surface area (Å²) in [6.07, 6.45) is 1.14. The van der Waals surface area contributed by atoms with Crippen LogP contribution in [-0.2, 0) is 33.6 Å². The number of thiol groups is 3. The van der Waals surface area contributed by atoms with Crippen molar-refractivity contribution in [3.63, 3.8) is 0 Å². The molecule has 1 rings (SSSR count). The van der Waals surface area contributed by atoms with Crippen LogP contribution in [0.25, 0.3) is 0 Å². The first-order valence-electron chi connectivity index (χ1n) is 14.3. The van der Waals surface area contributed by atoms with Crippen molar-refractivity contribution in [1.29, 1.82) is 0 Å². The topological polar surface area (TPSA) is 294 Å². The molecule has 12 N–H and O–H groups in total. The van der Waals surface area contributed by atoms with E-state index < -0.39 is 84.2 Å². The Kier molecular flexibility index (Phi) is 18.2. The van der Waals surface area contributed by atoms with E-state index in [2.05, 4.69) is 69.5 Å². The number of hydrogen-bond acceptors (Lipinski definition) is 12. The van der Waals surface area contributed by atoms with Gasteiger partial charge in [-0.15, -0.1) is 0 Å². The first-order valence-corrected chi connectivity index (χ1v) is 16.2. The second-order valence-corrected chi connectivity index (χ2v) is 11.4. The molecule has 6 atom stereocenters. The third-order valence-corrected chi connectivity index (χ3v) is 7.86. The Morgan fingerprint density at radius 3 is 2.09 bits per heavy atom. The Labute approximate surface area is 282 Å². The zero-order valence-electron chi connectivity index (χ0n) is 25.3. The minimum Gasteiger partial charge on any atom is -0.480 e. The zero-order chi connectivity index (χ0) is 35.0. The van der Waals surface area contributed by atoms with E-state index in [1.807, 2.05) is 0 Å². The van der Waals surface area contributed by atoms with Crippen molar-refractivity contribution in [2.45, 2.75) is 68.9 Å². The molecule has 1 saturated heterocycles. The Morgan fingerprint density at radius 2 is 1.52 bits per heavy atom. The number of nitrogens with one attached hydrogen (secondary N) is 5. The molecule has 1 aliphatic heterocycles. The lowest BCUT2D eigenvalue weighted by Gasteiger charge is -2.28. The molecule has 6 amide bonds. The van der Waals surface area contributed by atoms with Gasteiger partial charge in [-0.2, -0.15) is 37.9 Å². The van der Waals surface area contributed by atoms with Crippen LogP contribution in [-0.4, -0.2) is 131 Å². The molecular formula is C25H44N10O8S3. The molecule has 0 aromatic rings. The van der Waals surface area contributed by atoms with Gasteiger partial charge in [0.1, 0.15) is 30.2 Å². The number of amides is 6. The maximum absolute atomic E-state index is 13.1. The summed E-state index contributed by atoms with van der Waals surface area (Å²) >= 11 is 12.2. The van der Waals surface area contributed by atoms with E-state index >= 15 is 0 Å². The first-order chi connectivity index (χ1) is 21.7. The highest BCUT2D eigenvalue weighted by atomic mass is 32.1. The minimum absolute atomic E-state index is 0.0315. The number of nitrogens with two attached hydrogens (primary N) is 3. The highest BCUT2D eigenvalue weighted by Crippen LogP contribution is 2.19. The van der Waals surface area contributed by atoms with Crippen LogP contribution in [0.3, 0.4) is 0 Å². The van der Waals surface area contributed by atoms with E-state index in [9.17, 15) is 38.7 Å². The van der Waals surface area contributed by atoms with Crippen molar-refractivity contribution in [2.75, 3.05) is 36.9 Å². The maximum Gasteiger partial charge on any atom is 0.326 e. The fourth-order valence-corrected chi connectivity index (χ4v) is 4.88. The van der Waals surface area contributed by atoms with Crippen LogP contribution in [0.2, 0.25) is 0 Å². The van der Waals surface area contributed by atoms with Gasteiger partial charge in [0.15, 0.2) is 5.96 Å². The predicted molar refractivity (Wildman–Crippen MR) is 178 cm³/mol. The SMILES string of the molecule is C[C@H](NC(=O)[C@H](CS)NC(=O)CNC(=O)[C@@H]1CCCN1C(=O)[C@H](CS)NC(=O)[C@@H](N)CS)C(=O)N[C@@H](CCCN=C(N)N)C(=O)O. The number of aliphatic imine (C=N–C) groups is 1. The summed E-state index contributed by atoms with van der Waals surface area (Å²) in [5.74, 6) is -5.59. The molecule has 0 saturated carbocycles. The average molecular weight is 709 g/mol. The van der Waals surface area contributed by atoms with E-state index in [0.717, 1.165) is 0 Å². The van der Waals surface area contributed by atoms with E-state index in [4.69, 9.17) is 17.2 Å². The fourth-order valence-electron chi connectivity index (χ4n) is 4.21. The summed E-state index contributed by atoms with van der Waals surface area (Å²) in [7, 11) is 0.